The Morgan fingerprint density at radius 1 is 1.00 bits per heavy atom. The first-order valence-corrected chi connectivity index (χ1v) is 11.7. The van der Waals surface area contributed by atoms with Gasteiger partial charge in [-0.2, -0.15) is 0 Å². The lowest BCUT2D eigenvalue weighted by Gasteiger charge is -2.29. The van der Waals surface area contributed by atoms with Crippen molar-refractivity contribution in [3.63, 3.8) is 0 Å². The highest BCUT2D eigenvalue weighted by atomic mass is 35.5. The van der Waals surface area contributed by atoms with Gasteiger partial charge in [-0.3, -0.25) is 0 Å². The van der Waals surface area contributed by atoms with Gasteiger partial charge in [-0.05, 0) is 57.4 Å². The average Bonchev–Trinajstić information content (AvgIpc) is 3.13. The molecule has 0 atom stereocenters. The van der Waals surface area contributed by atoms with E-state index in [1.807, 2.05) is 32.0 Å². The van der Waals surface area contributed by atoms with E-state index >= 15 is 0 Å². The highest BCUT2D eigenvalue weighted by molar-refractivity contribution is 6.30. The molecular weight excluding hydrogens is 470 g/mol. The molecule has 1 aliphatic carbocycles. The summed E-state index contributed by atoms with van der Waals surface area (Å²) in [5.74, 6) is -2.37. The first-order chi connectivity index (χ1) is 16.6. The molecule has 0 radical (unpaired) electrons. The summed E-state index contributed by atoms with van der Waals surface area (Å²) < 4.78 is 15.6. The van der Waals surface area contributed by atoms with Crippen molar-refractivity contribution in [2.75, 3.05) is 20.8 Å². The van der Waals surface area contributed by atoms with E-state index in [4.69, 9.17) is 25.8 Å². The van der Waals surface area contributed by atoms with Gasteiger partial charge in [0.05, 0.1) is 43.5 Å². The smallest absolute Gasteiger partial charge is 0.340 e. The van der Waals surface area contributed by atoms with E-state index in [0.29, 0.717) is 51.5 Å². The fraction of sp³-hybridized carbons (Fsp3) is 0.370. The molecule has 1 aromatic heterocycles. The molecule has 2 aromatic rings. The number of allylic oxidation sites excluding steroid dienone is 2. The molecule has 7 nitrogen and oxygen atoms in total. The summed E-state index contributed by atoms with van der Waals surface area (Å²) in [5.41, 5.74) is 5.24. The third-order valence-electron chi connectivity index (χ3n) is 6.20. The Bertz CT molecular complexity index is 1200. The number of aromatic amines is 1. The zero-order valence-corrected chi connectivity index (χ0v) is 21.6. The number of esters is 3. The second kappa shape index (κ2) is 11.0. The summed E-state index contributed by atoms with van der Waals surface area (Å²) in [6.07, 6.45) is 0.755. The Morgan fingerprint density at radius 2 is 1.60 bits per heavy atom. The molecule has 1 N–H and O–H groups in total. The number of rotatable bonds is 7. The van der Waals surface area contributed by atoms with Crippen molar-refractivity contribution in [2.45, 2.75) is 46.5 Å². The first-order valence-electron chi connectivity index (χ1n) is 11.3. The molecule has 0 unspecified atom stereocenters. The lowest BCUT2D eigenvalue weighted by molar-refractivity contribution is -0.137. The van der Waals surface area contributed by atoms with E-state index in [1.165, 1.54) is 14.2 Å². The number of halogens is 1. The average molecular weight is 500 g/mol. The van der Waals surface area contributed by atoms with Gasteiger partial charge in [-0.25, -0.2) is 14.4 Å². The van der Waals surface area contributed by atoms with Crippen LogP contribution in [0.1, 0.15) is 66.0 Å². The number of carbonyl (C=O) groups excluding carboxylic acids is 3. The molecule has 8 heteroatoms. The fourth-order valence-electron chi connectivity index (χ4n) is 4.78. The molecule has 1 aromatic carbocycles. The lowest BCUT2D eigenvalue weighted by Crippen LogP contribution is -2.27. The van der Waals surface area contributed by atoms with Gasteiger partial charge in [-0.1, -0.05) is 34.9 Å². The highest BCUT2D eigenvalue weighted by Gasteiger charge is 2.40. The van der Waals surface area contributed by atoms with Gasteiger partial charge < -0.3 is 19.2 Å². The van der Waals surface area contributed by atoms with Gasteiger partial charge in [0.2, 0.25) is 0 Å². The summed E-state index contributed by atoms with van der Waals surface area (Å²) in [6.45, 7) is 7.40. The number of aryl methyl sites for hydroxylation is 1. The third-order valence-corrected chi connectivity index (χ3v) is 6.44. The monoisotopic (exact) mass is 499 g/mol. The molecule has 0 amide bonds. The van der Waals surface area contributed by atoms with Gasteiger partial charge in [0.25, 0.3) is 0 Å². The van der Waals surface area contributed by atoms with Crippen LogP contribution in [0.4, 0.5) is 0 Å². The van der Waals surface area contributed by atoms with Crippen LogP contribution in [-0.2, 0) is 30.2 Å². The van der Waals surface area contributed by atoms with Crippen molar-refractivity contribution in [1.82, 2.24) is 4.98 Å². The van der Waals surface area contributed by atoms with Crippen LogP contribution in [-0.4, -0.2) is 43.7 Å². The number of H-pyrrole nitrogens is 1. The Kier molecular flexibility index (Phi) is 8.22. The van der Waals surface area contributed by atoms with Gasteiger partial charge in [-0.15, -0.1) is 0 Å². The number of hydrogen-bond donors (Lipinski definition) is 1. The molecule has 0 bridgehead atoms. The zero-order chi connectivity index (χ0) is 25.9. The van der Waals surface area contributed by atoms with E-state index in [-0.39, 0.29) is 6.61 Å². The van der Waals surface area contributed by atoms with Crippen LogP contribution in [0.2, 0.25) is 5.02 Å². The maximum atomic E-state index is 13.0. The highest BCUT2D eigenvalue weighted by Crippen LogP contribution is 2.44. The SMILES string of the molecule is CCOC(=O)c1c(C)[nH]c(C2C(C(=O)OC)=C(C)CC(C)=C2C(=O)OC)c1Cc1cccc(Cl)c1. The minimum atomic E-state index is -0.806. The van der Waals surface area contributed by atoms with Gasteiger partial charge in [0.1, 0.15) is 0 Å². The second-order valence-corrected chi connectivity index (χ2v) is 8.96. The number of methoxy groups -OCH3 is 2. The van der Waals surface area contributed by atoms with E-state index in [2.05, 4.69) is 4.98 Å². The normalized spacial score (nSPS) is 14.3. The summed E-state index contributed by atoms with van der Waals surface area (Å²) in [7, 11) is 2.61. The summed E-state index contributed by atoms with van der Waals surface area (Å²) in [4.78, 5) is 42.3. The van der Waals surface area contributed by atoms with Crippen LogP contribution in [0.3, 0.4) is 0 Å². The number of nitrogens with one attached hydrogen (secondary N) is 1. The molecule has 186 valence electrons. The number of benzene rings is 1. The molecule has 0 fully saturated rings. The standard InChI is InChI=1S/C27H30ClNO6/c1-7-35-27(32)22-16(4)29-24(19(22)13-17-9-8-10-18(28)12-17)23-20(25(30)33-5)14(2)11-15(3)21(23)26(31)34-6/h8-10,12,23,29H,7,11,13H2,1-6H3. The van der Waals surface area contributed by atoms with Gasteiger partial charge in [0, 0.05) is 22.8 Å². The largest absolute Gasteiger partial charge is 0.466 e. The minimum absolute atomic E-state index is 0.206. The van der Waals surface area contributed by atoms with Crippen LogP contribution in [0.15, 0.2) is 46.6 Å². The van der Waals surface area contributed by atoms with Crippen LogP contribution < -0.4 is 0 Å². The second-order valence-electron chi connectivity index (χ2n) is 8.53. The number of ether oxygens (including phenoxy) is 3. The minimum Gasteiger partial charge on any atom is -0.466 e. The maximum Gasteiger partial charge on any atom is 0.340 e. The van der Waals surface area contributed by atoms with Crippen molar-refractivity contribution in [2.24, 2.45) is 0 Å². The Balaban J connectivity index is 2.34. The summed E-state index contributed by atoms with van der Waals surface area (Å²) in [6, 6.07) is 7.31. The maximum absolute atomic E-state index is 13.0. The molecule has 3 rings (SSSR count). The molecule has 0 saturated heterocycles. The molecule has 35 heavy (non-hydrogen) atoms. The number of hydrogen-bond acceptors (Lipinski definition) is 6. The summed E-state index contributed by atoms with van der Waals surface area (Å²) >= 11 is 6.23. The quantitative estimate of drug-likeness (QED) is 0.415. The Morgan fingerprint density at radius 3 is 2.11 bits per heavy atom. The predicted octanol–water partition coefficient (Wildman–Crippen LogP) is 5.21. The lowest BCUT2D eigenvalue weighted by atomic mass is 9.75. The Labute approximate surface area is 210 Å². The van der Waals surface area contributed by atoms with Crippen molar-refractivity contribution < 1.29 is 28.6 Å². The van der Waals surface area contributed by atoms with Crippen LogP contribution >= 0.6 is 11.6 Å². The van der Waals surface area contributed by atoms with E-state index in [1.54, 1.807) is 19.9 Å². The van der Waals surface area contributed by atoms with E-state index < -0.39 is 23.8 Å². The topological polar surface area (TPSA) is 94.7 Å². The van der Waals surface area contributed by atoms with E-state index in [0.717, 1.165) is 16.7 Å². The van der Waals surface area contributed by atoms with Crippen LogP contribution in [0, 0.1) is 6.92 Å². The molecule has 0 saturated carbocycles. The van der Waals surface area contributed by atoms with Crippen molar-refractivity contribution in [3.05, 3.63) is 79.7 Å². The molecule has 0 spiro atoms. The number of aromatic nitrogens is 1. The zero-order valence-electron chi connectivity index (χ0n) is 20.8. The molecular formula is C27H30ClNO6. The molecule has 0 aliphatic heterocycles. The predicted molar refractivity (Wildman–Crippen MR) is 133 cm³/mol. The molecule has 1 heterocycles. The van der Waals surface area contributed by atoms with Crippen LogP contribution in [0.5, 0.6) is 0 Å². The van der Waals surface area contributed by atoms with Gasteiger partial charge >= 0.3 is 17.9 Å². The van der Waals surface area contributed by atoms with Gasteiger partial charge in [0.15, 0.2) is 0 Å². The van der Waals surface area contributed by atoms with E-state index in [9.17, 15) is 14.4 Å². The summed E-state index contributed by atoms with van der Waals surface area (Å²) in [5, 5.41) is 0.559. The van der Waals surface area contributed by atoms with Crippen molar-refractivity contribution >= 4 is 29.5 Å². The van der Waals surface area contributed by atoms with Crippen molar-refractivity contribution in [3.8, 4) is 0 Å². The van der Waals surface area contributed by atoms with Crippen LogP contribution in [0.25, 0.3) is 0 Å². The van der Waals surface area contributed by atoms with Crippen molar-refractivity contribution in [1.29, 1.82) is 0 Å². The number of carbonyl (C=O) groups is 3. The molecule has 1 aliphatic rings. The first kappa shape index (κ1) is 26.3. The Hall–Kier alpha value is -3.32. The fourth-order valence-corrected chi connectivity index (χ4v) is 4.99. The third kappa shape index (κ3) is 5.20.